The maximum atomic E-state index is 5.26. The van der Waals surface area contributed by atoms with E-state index in [-0.39, 0.29) is 0 Å². The van der Waals surface area contributed by atoms with Gasteiger partial charge in [-0.15, -0.1) is 0 Å². The summed E-state index contributed by atoms with van der Waals surface area (Å²) in [5.74, 6) is 0.995. The third-order valence-corrected chi connectivity index (χ3v) is 3.53. The summed E-state index contributed by atoms with van der Waals surface area (Å²) in [5.41, 5.74) is 4.21. The second kappa shape index (κ2) is 5.40. The van der Waals surface area contributed by atoms with Gasteiger partial charge in [0.2, 0.25) is 0 Å². The molecule has 0 saturated carbocycles. The van der Waals surface area contributed by atoms with Crippen LogP contribution in [-0.4, -0.2) is 19.9 Å². The normalized spacial score (nSPS) is 10.8. The van der Waals surface area contributed by atoms with Gasteiger partial charge in [0.25, 0.3) is 11.8 Å². The van der Waals surface area contributed by atoms with Gasteiger partial charge in [-0.25, -0.2) is 0 Å². The first-order chi connectivity index (χ1) is 10.1. The Bertz CT molecular complexity index is 745. The number of nitrogens with one attached hydrogen (secondary N) is 1. The molecule has 0 aliphatic rings. The predicted octanol–water partition coefficient (Wildman–Crippen LogP) is 2.70. The van der Waals surface area contributed by atoms with E-state index in [1.165, 1.54) is 0 Å². The molecule has 6 heteroatoms. The summed E-state index contributed by atoms with van der Waals surface area (Å²) in [6.07, 6.45) is 0. The molecule has 1 N–H and O–H groups in total. The summed E-state index contributed by atoms with van der Waals surface area (Å²) in [5, 5.41) is 11.5. The molecule has 1 aromatic carbocycles. The van der Waals surface area contributed by atoms with Crippen molar-refractivity contribution in [1.29, 1.82) is 0 Å². The quantitative estimate of drug-likeness (QED) is 0.797. The summed E-state index contributed by atoms with van der Waals surface area (Å²) < 4.78 is 7.13. The molecule has 0 atom stereocenters. The molecule has 0 aliphatic heterocycles. The minimum Gasteiger partial charge on any atom is -0.347 e. The number of benzene rings is 1. The van der Waals surface area contributed by atoms with Crippen molar-refractivity contribution in [3.05, 3.63) is 47.3 Å². The van der Waals surface area contributed by atoms with E-state index in [1.807, 2.05) is 55.9 Å². The lowest BCUT2D eigenvalue weighted by molar-refractivity contribution is 0.432. The molecule has 2 heterocycles. The molecular formula is C15H17N5O. The fraction of sp³-hybridized carbons (Fsp3) is 0.267. The molecule has 3 rings (SSSR count). The van der Waals surface area contributed by atoms with Crippen LogP contribution < -0.4 is 5.32 Å². The van der Waals surface area contributed by atoms with Gasteiger partial charge in [0.1, 0.15) is 0 Å². The highest BCUT2D eigenvalue weighted by atomic mass is 16.5. The number of hydrogen-bond donors (Lipinski definition) is 1. The Balaban J connectivity index is 1.73. The fourth-order valence-electron chi connectivity index (χ4n) is 2.23. The van der Waals surface area contributed by atoms with Gasteiger partial charge in [0.15, 0.2) is 0 Å². The minimum atomic E-state index is 0.483. The van der Waals surface area contributed by atoms with Crippen LogP contribution in [0, 0.1) is 13.8 Å². The molecule has 2 aromatic heterocycles. The Morgan fingerprint density at radius 2 is 1.95 bits per heavy atom. The molecule has 6 nitrogen and oxygen atoms in total. The van der Waals surface area contributed by atoms with Crippen LogP contribution in [0.2, 0.25) is 0 Å². The van der Waals surface area contributed by atoms with Crippen LogP contribution in [0.25, 0.3) is 11.5 Å². The van der Waals surface area contributed by atoms with Crippen LogP contribution in [0.5, 0.6) is 0 Å². The second-order valence-corrected chi connectivity index (χ2v) is 4.92. The zero-order chi connectivity index (χ0) is 14.8. The number of anilines is 1. The van der Waals surface area contributed by atoms with Gasteiger partial charge in [-0.05, 0) is 31.1 Å². The van der Waals surface area contributed by atoms with Crippen LogP contribution in [0.15, 0.2) is 34.9 Å². The van der Waals surface area contributed by atoms with E-state index in [9.17, 15) is 0 Å². The van der Waals surface area contributed by atoms with Crippen molar-refractivity contribution in [2.24, 2.45) is 7.05 Å². The molecule has 0 unspecified atom stereocenters. The number of aryl methyl sites for hydroxylation is 2. The summed E-state index contributed by atoms with van der Waals surface area (Å²) in [7, 11) is 1.94. The van der Waals surface area contributed by atoms with E-state index in [0.717, 1.165) is 22.5 Å². The van der Waals surface area contributed by atoms with Gasteiger partial charge in [-0.1, -0.05) is 18.2 Å². The van der Waals surface area contributed by atoms with Crippen LogP contribution in [-0.2, 0) is 13.6 Å². The zero-order valence-corrected chi connectivity index (χ0v) is 12.3. The number of hydrogen-bond acceptors (Lipinski definition) is 5. The Morgan fingerprint density at radius 3 is 2.62 bits per heavy atom. The van der Waals surface area contributed by atoms with Crippen molar-refractivity contribution in [2.75, 3.05) is 5.32 Å². The lowest BCUT2D eigenvalue weighted by atomic mass is 10.2. The van der Waals surface area contributed by atoms with E-state index in [0.29, 0.717) is 18.4 Å². The summed E-state index contributed by atoms with van der Waals surface area (Å²) in [4.78, 5) is 4.35. The standard InChI is InChI=1S/C15H17N5O/c1-10-13(11(2)20(3)18-10)9-16-15-17-14(21-19-15)12-7-5-4-6-8-12/h4-8H,9H2,1-3H3,(H,16,19). The second-order valence-electron chi connectivity index (χ2n) is 4.92. The fourth-order valence-corrected chi connectivity index (χ4v) is 2.23. The van der Waals surface area contributed by atoms with E-state index < -0.39 is 0 Å². The molecule has 0 spiro atoms. The van der Waals surface area contributed by atoms with Gasteiger partial charge in [0, 0.05) is 30.4 Å². The van der Waals surface area contributed by atoms with Crippen molar-refractivity contribution in [3.63, 3.8) is 0 Å². The van der Waals surface area contributed by atoms with Crippen molar-refractivity contribution >= 4 is 5.95 Å². The van der Waals surface area contributed by atoms with Gasteiger partial charge in [0.05, 0.1) is 5.69 Å². The van der Waals surface area contributed by atoms with Crippen molar-refractivity contribution < 1.29 is 4.52 Å². The monoisotopic (exact) mass is 283 g/mol. The average Bonchev–Trinajstić information content (AvgIpc) is 3.05. The Labute approximate surface area is 122 Å². The van der Waals surface area contributed by atoms with Crippen LogP contribution >= 0.6 is 0 Å². The molecule has 0 radical (unpaired) electrons. The predicted molar refractivity (Wildman–Crippen MR) is 79.7 cm³/mol. The maximum Gasteiger partial charge on any atom is 0.264 e. The lowest BCUT2D eigenvalue weighted by Gasteiger charge is -2.02. The average molecular weight is 283 g/mol. The topological polar surface area (TPSA) is 68.8 Å². The number of rotatable bonds is 4. The van der Waals surface area contributed by atoms with Gasteiger partial charge in [-0.3, -0.25) is 4.68 Å². The molecule has 21 heavy (non-hydrogen) atoms. The molecule has 0 fully saturated rings. The first-order valence-electron chi connectivity index (χ1n) is 6.77. The molecule has 0 aliphatic carbocycles. The molecule has 108 valence electrons. The Morgan fingerprint density at radius 1 is 1.19 bits per heavy atom. The lowest BCUT2D eigenvalue weighted by Crippen LogP contribution is -2.03. The Kier molecular flexibility index (Phi) is 3.43. The Hall–Kier alpha value is -2.63. The van der Waals surface area contributed by atoms with E-state index >= 15 is 0 Å². The first kappa shape index (κ1) is 13.4. The molecule has 0 saturated heterocycles. The van der Waals surface area contributed by atoms with Gasteiger partial charge in [-0.2, -0.15) is 10.1 Å². The van der Waals surface area contributed by atoms with Crippen LogP contribution in [0.4, 0.5) is 5.95 Å². The smallest absolute Gasteiger partial charge is 0.264 e. The third-order valence-electron chi connectivity index (χ3n) is 3.53. The summed E-state index contributed by atoms with van der Waals surface area (Å²) in [6, 6.07) is 9.70. The van der Waals surface area contributed by atoms with Crippen molar-refractivity contribution in [1.82, 2.24) is 19.9 Å². The van der Waals surface area contributed by atoms with Gasteiger partial charge < -0.3 is 9.84 Å². The maximum absolute atomic E-state index is 5.26. The first-order valence-corrected chi connectivity index (χ1v) is 6.77. The number of nitrogens with zero attached hydrogens (tertiary/aromatic N) is 4. The highest BCUT2D eigenvalue weighted by molar-refractivity contribution is 5.53. The highest BCUT2D eigenvalue weighted by Gasteiger charge is 2.11. The molecule has 0 bridgehead atoms. The largest absolute Gasteiger partial charge is 0.347 e. The van der Waals surface area contributed by atoms with E-state index in [4.69, 9.17) is 4.52 Å². The third kappa shape index (κ3) is 2.65. The van der Waals surface area contributed by atoms with Crippen LogP contribution in [0.1, 0.15) is 17.0 Å². The van der Waals surface area contributed by atoms with Crippen molar-refractivity contribution in [2.45, 2.75) is 20.4 Å². The summed E-state index contributed by atoms with van der Waals surface area (Å²) in [6.45, 7) is 4.66. The molecule has 0 amide bonds. The van der Waals surface area contributed by atoms with E-state index in [2.05, 4.69) is 20.6 Å². The SMILES string of the molecule is Cc1nn(C)c(C)c1CNc1noc(-c2ccccc2)n1. The molecule has 3 aromatic rings. The minimum absolute atomic E-state index is 0.483. The van der Waals surface area contributed by atoms with E-state index in [1.54, 1.807) is 0 Å². The zero-order valence-electron chi connectivity index (χ0n) is 12.3. The van der Waals surface area contributed by atoms with Crippen molar-refractivity contribution in [3.8, 4) is 11.5 Å². The van der Waals surface area contributed by atoms with Crippen LogP contribution in [0.3, 0.4) is 0 Å². The molecular weight excluding hydrogens is 266 g/mol. The van der Waals surface area contributed by atoms with Gasteiger partial charge >= 0.3 is 0 Å². The highest BCUT2D eigenvalue weighted by Crippen LogP contribution is 2.19. The summed E-state index contributed by atoms with van der Waals surface area (Å²) >= 11 is 0. The number of aromatic nitrogens is 4.